The minimum atomic E-state index is -0.147. The molecule has 3 atom stereocenters. The van der Waals surface area contributed by atoms with Gasteiger partial charge in [-0.25, -0.2) is 0 Å². The van der Waals surface area contributed by atoms with Crippen molar-refractivity contribution in [2.75, 3.05) is 79.3 Å². The monoisotopic (exact) mass is 749 g/mol. The van der Waals surface area contributed by atoms with Crippen LogP contribution in [-0.4, -0.2) is 115 Å². The standard InChI is InChI=1S/C41H80O11/c1-5-9-21-37(7-3)51-40(43)23-17-13-11-15-19-26-48-35-39(36-49-34-33-47-32-31-46-30-29-45-28-25-42)50-27-20-16-12-14-18-24-41(44)52-38(8-4)22-10-6-2/h37-39,42H,5-36H2,1-4H3. The van der Waals surface area contributed by atoms with Gasteiger partial charge in [-0.2, -0.15) is 0 Å². The number of aliphatic hydroxyl groups excluding tert-OH is 1. The molecule has 52 heavy (non-hydrogen) atoms. The van der Waals surface area contributed by atoms with Crippen molar-refractivity contribution in [3.05, 3.63) is 0 Å². The van der Waals surface area contributed by atoms with Crippen molar-refractivity contribution in [3.63, 3.8) is 0 Å². The van der Waals surface area contributed by atoms with Crippen molar-refractivity contribution in [2.24, 2.45) is 0 Å². The molecule has 0 amide bonds. The molecule has 1 N–H and O–H groups in total. The lowest BCUT2D eigenvalue weighted by atomic mass is 10.1. The van der Waals surface area contributed by atoms with Crippen molar-refractivity contribution in [3.8, 4) is 0 Å². The zero-order chi connectivity index (χ0) is 38.2. The van der Waals surface area contributed by atoms with Crippen LogP contribution < -0.4 is 0 Å². The Kier molecular flexibility index (Phi) is 39.8. The van der Waals surface area contributed by atoms with E-state index in [1.54, 1.807) is 0 Å². The van der Waals surface area contributed by atoms with Crippen LogP contribution in [0.5, 0.6) is 0 Å². The summed E-state index contributed by atoms with van der Waals surface area (Å²) in [7, 11) is 0. The molecule has 0 heterocycles. The van der Waals surface area contributed by atoms with Crippen LogP contribution in [0.25, 0.3) is 0 Å². The molecule has 0 aromatic heterocycles. The maximum absolute atomic E-state index is 12.2. The number of ether oxygens (including phenoxy) is 8. The van der Waals surface area contributed by atoms with Crippen molar-refractivity contribution < 1.29 is 52.6 Å². The third-order valence-electron chi connectivity index (χ3n) is 8.77. The molecule has 11 heteroatoms. The molecule has 0 aromatic carbocycles. The van der Waals surface area contributed by atoms with Gasteiger partial charge in [0.05, 0.1) is 66.1 Å². The summed E-state index contributed by atoms with van der Waals surface area (Å²) in [6.45, 7) is 13.9. The van der Waals surface area contributed by atoms with E-state index < -0.39 is 0 Å². The highest BCUT2D eigenvalue weighted by Crippen LogP contribution is 2.14. The molecule has 0 saturated heterocycles. The number of carbonyl (C=O) groups is 2. The molecule has 11 nitrogen and oxygen atoms in total. The summed E-state index contributed by atoms with van der Waals surface area (Å²) < 4.78 is 45.4. The molecule has 0 aliphatic carbocycles. The van der Waals surface area contributed by atoms with Gasteiger partial charge in [-0.1, -0.05) is 91.9 Å². The van der Waals surface area contributed by atoms with Crippen LogP contribution in [0.15, 0.2) is 0 Å². The molecule has 0 spiro atoms. The van der Waals surface area contributed by atoms with E-state index in [2.05, 4.69) is 27.7 Å². The van der Waals surface area contributed by atoms with Crippen LogP contribution in [0, 0.1) is 0 Å². The lowest BCUT2D eigenvalue weighted by molar-refractivity contribution is -0.150. The van der Waals surface area contributed by atoms with Crippen molar-refractivity contribution in [1.29, 1.82) is 0 Å². The van der Waals surface area contributed by atoms with E-state index >= 15 is 0 Å². The van der Waals surface area contributed by atoms with Gasteiger partial charge in [-0.3, -0.25) is 9.59 Å². The number of hydrogen-bond acceptors (Lipinski definition) is 11. The number of carbonyl (C=O) groups excluding carboxylic acids is 2. The number of hydrogen-bond donors (Lipinski definition) is 1. The van der Waals surface area contributed by atoms with Crippen LogP contribution >= 0.6 is 0 Å². The summed E-state index contributed by atoms with van der Waals surface area (Å²) in [5.41, 5.74) is 0. The maximum atomic E-state index is 12.2. The summed E-state index contributed by atoms with van der Waals surface area (Å²) in [4.78, 5) is 24.3. The predicted molar refractivity (Wildman–Crippen MR) is 206 cm³/mol. The SMILES string of the molecule is CCCCC(CC)OC(=O)CCCCCCCOCC(COCCOCCOCCOCCO)OCCCCCCCC(=O)OC(CC)CCCC. The molecule has 0 fully saturated rings. The zero-order valence-electron chi connectivity index (χ0n) is 33.9. The van der Waals surface area contributed by atoms with Gasteiger partial charge in [0, 0.05) is 26.1 Å². The van der Waals surface area contributed by atoms with Gasteiger partial charge in [0.2, 0.25) is 0 Å². The highest BCUT2D eigenvalue weighted by Gasteiger charge is 2.14. The first-order valence-electron chi connectivity index (χ1n) is 21.0. The molecule has 0 saturated carbocycles. The van der Waals surface area contributed by atoms with Gasteiger partial charge in [0.1, 0.15) is 18.3 Å². The molecule has 0 aliphatic rings. The fourth-order valence-electron chi connectivity index (χ4n) is 5.50. The van der Waals surface area contributed by atoms with Crippen LogP contribution in [0.1, 0.15) is 156 Å². The van der Waals surface area contributed by atoms with E-state index in [9.17, 15) is 9.59 Å². The Morgan fingerprint density at radius 3 is 1.31 bits per heavy atom. The first-order chi connectivity index (χ1) is 25.5. The van der Waals surface area contributed by atoms with E-state index in [0.717, 1.165) is 116 Å². The Morgan fingerprint density at radius 2 is 0.846 bits per heavy atom. The number of rotatable bonds is 42. The van der Waals surface area contributed by atoms with Gasteiger partial charge in [0.15, 0.2) is 0 Å². The summed E-state index contributed by atoms with van der Waals surface area (Å²) in [6, 6.07) is 0. The first kappa shape index (κ1) is 50.7. The Labute approximate surface area is 317 Å². The minimum absolute atomic E-state index is 0.0152. The average Bonchev–Trinajstić information content (AvgIpc) is 3.15. The molecule has 0 aliphatic heterocycles. The van der Waals surface area contributed by atoms with Gasteiger partial charge in [-0.15, -0.1) is 0 Å². The lowest BCUT2D eigenvalue weighted by Gasteiger charge is -2.18. The normalized spacial score (nSPS) is 13.2. The third-order valence-corrected chi connectivity index (χ3v) is 8.77. The second kappa shape index (κ2) is 40.8. The largest absolute Gasteiger partial charge is 0.462 e. The van der Waals surface area contributed by atoms with E-state index in [4.69, 9.17) is 43.0 Å². The molecule has 310 valence electrons. The molecule has 0 radical (unpaired) electrons. The van der Waals surface area contributed by atoms with E-state index in [1.807, 2.05) is 0 Å². The Morgan fingerprint density at radius 1 is 0.442 bits per heavy atom. The summed E-state index contributed by atoms with van der Waals surface area (Å²) >= 11 is 0. The molecule has 0 bridgehead atoms. The fraction of sp³-hybridized carbons (Fsp3) is 0.951. The summed E-state index contributed by atoms with van der Waals surface area (Å²) in [5, 5.41) is 8.70. The topological polar surface area (TPSA) is 128 Å². The first-order valence-corrected chi connectivity index (χ1v) is 21.0. The number of unbranched alkanes of at least 4 members (excludes halogenated alkanes) is 10. The van der Waals surface area contributed by atoms with E-state index in [0.29, 0.717) is 85.5 Å². The molecule has 0 aromatic rings. The smallest absolute Gasteiger partial charge is 0.306 e. The summed E-state index contributed by atoms with van der Waals surface area (Å²) in [5.74, 6) is -0.120. The van der Waals surface area contributed by atoms with E-state index in [1.165, 1.54) is 0 Å². The third kappa shape index (κ3) is 35.7. The minimum Gasteiger partial charge on any atom is -0.462 e. The molecular formula is C41H80O11. The molecule has 3 unspecified atom stereocenters. The molecule has 0 rings (SSSR count). The average molecular weight is 749 g/mol. The highest BCUT2D eigenvalue weighted by atomic mass is 16.6. The Balaban J connectivity index is 4.21. The quantitative estimate of drug-likeness (QED) is 0.0480. The van der Waals surface area contributed by atoms with Gasteiger partial charge < -0.3 is 43.0 Å². The summed E-state index contributed by atoms with van der Waals surface area (Å²) in [6.07, 6.45) is 19.1. The van der Waals surface area contributed by atoms with Gasteiger partial charge in [-0.05, 0) is 51.4 Å². The second-order valence-electron chi connectivity index (χ2n) is 13.6. The van der Waals surface area contributed by atoms with Crippen LogP contribution in [0.2, 0.25) is 0 Å². The number of aliphatic hydroxyl groups is 1. The van der Waals surface area contributed by atoms with Crippen LogP contribution in [-0.2, 0) is 47.5 Å². The van der Waals surface area contributed by atoms with Crippen molar-refractivity contribution in [2.45, 2.75) is 174 Å². The Hall–Kier alpha value is -1.34. The Bertz CT molecular complexity index is 754. The predicted octanol–water partition coefficient (Wildman–Crippen LogP) is 8.15. The maximum Gasteiger partial charge on any atom is 0.306 e. The van der Waals surface area contributed by atoms with Crippen molar-refractivity contribution in [1.82, 2.24) is 0 Å². The van der Waals surface area contributed by atoms with Gasteiger partial charge in [0.25, 0.3) is 0 Å². The van der Waals surface area contributed by atoms with Crippen LogP contribution in [0.3, 0.4) is 0 Å². The fourth-order valence-corrected chi connectivity index (χ4v) is 5.50. The number of esters is 2. The lowest BCUT2D eigenvalue weighted by Crippen LogP contribution is -2.27. The zero-order valence-corrected chi connectivity index (χ0v) is 33.9. The highest BCUT2D eigenvalue weighted by molar-refractivity contribution is 5.69. The van der Waals surface area contributed by atoms with E-state index in [-0.39, 0.29) is 36.9 Å². The second-order valence-corrected chi connectivity index (χ2v) is 13.6. The molecular weight excluding hydrogens is 668 g/mol. The van der Waals surface area contributed by atoms with Crippen LogP contribution in [0.4, 0.5) is 0 Å². The van der Waals surface area contributed by atoms with Crippen molar-refractivity contribution >= 4 is 11.9 Å². The van der Waals surface area contributed by atoms with Gasteiger partial charge >= 0.3 is 11.9 Å².